The Bertz CT molecular complexity index is 391. The second-order valence-electron chi connectivity index (χ2n) is 7.90. The van der Waals surface area contributed by atoms with E-state index in [0.29, 0.717) is 6.61 Å². The first-order valence-electron chi connectivity index (χ1n) is 7.17. The van der Waals surface area contributed by atoms with Gasteiger partial charge in [0.15, 0.2) is 0 Å². The average Bonchev–Trinajstić information content (AvgIpc) is 2.46. The monoisotopic (exact) mass is 299 g/mol. The van der Waals surface area contributed by atoms with Crippen LogP contribution in [-0.2, 0) is 9.47 Å². The maximum Gasteiger partial charge on any atom is 0.413 e. The molecule has 20 heavy (non-hydrogen) atoms. The molecule has 5 heteroatoms. The molecule has 1 aliphatic heterocycles. The Hall–Kier alpha value is -0.813. The molecule has 0 aliphatic carbocycles. The molecule has 1 heterocycles. The molecule has 0 N–H and O–H groups in total. The van der Waals surface area contributed by atoms with Gasteiger partial charge in [0.25, 0.3) is 0 Å². The first kappa shape index (κ1) is 17.2. The number of carbonyl (C=O) groups is 1. The van der Waals surface area contributed by atoms with Gasteiger partial charge in [0.1, 0.15) is 11.3 Å². The van der Waals surface area contributed by atoms with Gasteiger partial charge in [0.05, 0.1) is 20.7 Å². The first-order chi connectivity index (χ1) is 8.82. The Kier molecular flexibility index (Phi) is 4.76. The lowest BCUT2D eigenvalue weighted by molar-refractivity contribution is -0.0610. The number of hydrogen-bond acceptors (Lipinski definition) is 3. The zero-order chi connectivity index (χ0) is 15.8. The molecule has 4 nitrogen and oxygen atoms in total. The van der Waals surface area contributed by atoms with Crippen LogP contribution >= 0.6 is 0 Å². The molecular formula is C15H29NO3Si. The molecule has 0 aromatic heterocycles. The van der Waals surface area contributed by atoms with Crippen LogP contribution < -0.4 is 0 Å². The van der Waals surface area contributed by atoms with Crippen molar-refractivity contribution in [3.63, 3.8) is 0 Å². The lowest BCUT2D eigenvalue weighted by Gasteiger charge is -2.34. The van der Waals surface area contributed by atoms with Crippen LogP contribution in [0.15, 0.2) is 11.8 Å². The van der Waals surface area contributed by atoms with Crippen LogP contribution in [0, 0.1) is 0 Å². The zero-order valence-corrected chi connectivity index (χ0v) is 15.1. The molecule has 116 valence electrons. The smallest absolute Gasteiger partial charge is 0.413 e. The molecule has 1 saturated heterocycles. The third-order valence-corrected chi connectivity index (χ3v) is 4.12. The van der Waals surface area contributed by atoms with Gasteiger partial charge in [-0.05, 0) is 34.6 Å². The number of nitrogens with zero attached hydrogens (tertiary/aromatic N) is 1. The molecule has 1 atom stereocenters. The molecule has 0 saturated carbocycles. The molecule has 1 fully saturated rings. The van der Waals surface area contributed by atoms with E-state index in [9.17, 15) is 4.79 Å². The number of amides is 1. The molecule has 1 aliphatic rings. The van der Waals surface area contributed by atoms with Crippen LogP contribution in [-0.4, -0.2) is 43.0 Å². The van der Waals surface area contributed by atoms with Gasteiger partial charge in [-0.25, -0.2) is 4.79 Å². The van der Waals surface area contributed by atoms with Crippen molar-refractivity contribution >= 4 is 14.2 Å². The van der Waals surface area contributed by atoms with Crippen molar-refractivity contribution in [2.45, 2.75) is 71.6 Å². The zero-order valence-electron chi connectivity index (χ0n) is 14.1. The van der Waals surface area contributed by atoms with Crippen LogP contribution in [0.25, 0.3) is 0 Å². The Morgan fingerprint density at radius 1 is 1.35 bits per heavy atom. The maximum atomic E-state index is 12.4. The van der Waals surface area contributed by atoms with Crippen molar-refractivity contribution in [2.24, 2.45) is 0 Å². The van der Waals surface area contributed by atoms with E-state index in [4.69, 9.17) is 9.47 Å². The fraction of sp³-hybridized carbons (Fsp3) is 0.800. The quantitative estimate of drug-likeness (QED) is 0.728. The molecule has 0 aromatic carbocycles. The van der Waals surface area contributed by atoms with E-state index < -0.39 is 19.4 Å². The largest absolute Gasteiger partial charge is 0.444 e. The standard InChI is InChI=1S/C15H29NO3Si/c1-14(2,3)19-13(17)16-12(9-10-20(6,7)8)11-18-15(16,4)5/h9-10,12H,11H2,1-8H3/b10-9+/t12-/m1/s1. The van der Waals surface area contributed by atoms with Gasteiger partial charge in [-0.2, -0.15) is 0 Å². The van der Waals surface area contributed by atoms with Gasteiger partial charge < -0.3 is 9.47 Å². The molecule has 0 bridgehead atoms. The van der Waals surface area contributed by atoms with E-state index in [-0.39, 0.29) is 12.1 Å². The second kappa shape index (κ2) is 5.52. The van der Waals surface area contributed by atoms with Gasteiger partial charge in [-0.15, -0.1) is 0 Å². The fourth-order valence-electron chi connectivity index (χ4n) is 2.04. The van der Waals surface area contributed by atoms with Gasteiger partial charge in [-0.1, -0.05) is 31.4 Å². The highest BCUT2D eigenvalue weighted by Gasteiger charge is 2.44. The normalized spacial score (nSPS) is 23.4. The third-order valence-electron chi connectivity index (χ3n) is 2.93. The number of hydrogen-bond donors (Lipinski definition) is 0. The molecule has 1 amide bonds. The fourth-order valence-corrected chi connectivity index (χ4v) is 2.84. The third kappa shape index (κ3) is 4.94. The molecule has 1 rings (SSSR count). The van der Waals surface area contributed by atoms with E-state index in [0.717, 1.165) is 0 Å². The van der Waals surface area contributed by atoms with Crippen molar-refractivity contribution in [3.05, 3.63) is 11.8 Å². The highest BCUT2D eigenvalue weighted by Crippen LogP contribution is 2.30. The van der Waals surface area contributed by atoms with Crippen molar-refractivity contribution in [3.8, 4) is 0 Å². The van der Waals surface area contributed by atoms with Gasteiger partial charge in [0.2, 0.25) is 0 Å². The predicted octanol–water partition coefficient (Wildman–Crippen LogP) is 3.79. The summed E-state index contributed by atoms with van der Waals surface area (Å²) in [5, 5.41) is 0. The Morgan fingerprint density at radius 3 is 2.35 bits per heavy atom. The lowest BCUT2D eigenvalue weighted by atomic mass is 10.2. The summed E-state index contributed by atoms with van der Waals surface area (Å²) in [5.74, 6) is 0. The van der Waals surface area contributed by atoms with E-state index in [1.807, 2.05) is 34.6 Å². The Balaban J connectivity index is 2.91. The summed E-state index contributed by atoms with van der Waals surface area (Å²) in [6.45, 7) is 16.8. The summed E-state index contributed by atoms with van der Waals surface area (Å²) >= 11 is 0. The SMILES string of the molecule is CC(C)(C)OC(=O)N1[C@H](/C=C/[Si](C)(C)C)COC1(C)C. The minimum atomic E-state index is -1.30. The van der Waals surface area contributed by atoms with E-state index in [2.05, 4.69) is 31.4 Å². The van der Waals surface area contributed by atoms with Crippen LogP contribution in [0.3, 0.4) is 0 Å². The van der Waals surface area contributed by atoms with Crippen LogP contribution in [0.1, 0.15) is 34.6 Å². The Labute approximate surface area is 124 Å². The van der Waals surface area contributed by atoms with Gasteiger partial charge in [-0.3, -0.25) is 4.90 Å². The number of carbonyl (C=O) groups excluding carboxylic acids is 1. The van der Waals surface area contributed by atoms with Crippen molar-refractivity contribution < 1.29 is 14.3 Å². The number of rotatable bonds is 2. The number of ether oxygens (including phenoxy) is 2. The minimum Gasteiger partial charge on any atom is -0.444 e. The minimum absolute atomic E-state index is 0.0495. The molecule has 0 spiro atoms. The van der Waals surface area contributed by atoms with Gasteiger partial charge in [0, 0.05) is 0 Å². The van der Waals surface area contributed by atoms with Gasteiger partial charge >= 0.3 is 6.09 Å². The molecule has 0 aromatic rings. The average molecular weight is 299 g/mol. The summed E-state index contributed by atoms with van der Waals surface area (Å²) in [6.07, 6.45) is 1.79. The summed E-state index contributed by atoms with van der Waals surface area (Å²) in [6, 6.07) is -0.0495. The topological polar surface area (TPSA) is 38.8 Å². The lowest BCUT2D eigenvalue weighted by Crippen LogP contribution is -2.49. The summed E-state index contributed by atoms with van der Waals surface area (Å²) in [5.41, 5.74) is 1.12. The summed E-state index contributed by atoms with van der Waals surface area (Å²) < 4.78 is 11.3. The van der Waals surface area contributed by atoms with Crippen molar-refractivity contribution in [2.75, 3.05) is 6.61 Å². The van der Waals surface area contributed by atoms with Crippen LogP contribution in [0.2, 0.25) is 19.6 Å². The van der Waals surface area contributed by atoms with Crippen molar-refractivity contribution in [1.29, 1.82) is 0 Å². The maximum absolute atomic E-state index is 12.4. The van der Waals surface area contributed by atoms with E-state index >= 15 is 0 Å². The molecule has 0 radical (unpaired) electrons. The highest BCUT2D eigenvalue weighted by atomic mass is 28.3. The van der Waals surface area contributed by atoms with Crippen molar-refractivity contribution in [1.82, 2.24) is 4.90 Å². The predicted molar refractivity (Wildman–Crippen MR) is 84.4 cm³/mol. The molecular weight excluding hydrogens is 270 g/mol. The highest BCUT2D eigenvalue weighted by molar-refractivity contribution is 6.80. The summed E-state index contributed by atoms with van der Waals surface area (Å²) in [4.78, 5) is 14.1. The van der Waals surface area contributed by atoms with Crippen LogP contribution in [0.4, 0.5) is 4.79 Å². The van der Waals surface area contributed by atoms with E-state index in [1.54, 1.807) is 4.90 Å². The summed E-state index contributed by atoms with van der Waals surface area (Å²) in [7, 11) is -1.30. The first-order valence-corrected chi connectivity index (χ1v) is 10.8. The second-order valence-corrected chi connectivity index (χ2v) is 13.0. The molecule has 0 unspecified atom stereocenters. The van der Waals surface area contributed by atoms with Crippen LogP contribution in [0.5, 0.6) is 0 Å². The van der Waals surface area contributed by atoms with E-state index in [1.165, 1.54) is 0 Å². The Morgan fingerprint density at radius 2 is 1.90 bits per heavy atom.